The van der Waals surface area contributed by atoms with Crippen LogP contribution < -0.4 is 5.46 Å². The lowest BCUT2D eigenvalue weighted by atomic mass is 9.72. The molecule has 0 spiro atoms. The Kier molecular flexibility index (Phi) is 4.02. The van der Waals surface area contributed by atoms with Crippen LogP contribution in [0.3, 0.4) is 0 Å². The molecule has 1 heterocycles. The van der Waals surface area contributed by atoms with Crippen LogP contribution in [0.1, 0.15) is 64.5 Å². The van der Waals surface area contributed by atoms with Crippen LogP contribution >= 0.6 is 0 Å². The maximum atomic E-state index is 10.3. The van der Waals surface area contributed by atoms with E-state index >= 15 is 0 Å². The Bertz CT molecular complexity index is 550. The predicted octanol–water partition coefficient (Wildman–Crippen LogP) is 3.35. The zero-order valence-corrected chi connectivity index (χ0v) is 14.2. The number of fused-ring (bicyclic) bond motifs is 1. The SMILES string of the molecule is CC1(C)OB(c2ccc(O)c3c2CCCCCC3)OC1(C)C. The first-order valence-corrected chi connectivity index (χ1v) is 8.51. The van der Waals surface area contributed by atoms with Crippen LogP contribution in [0.4, 0.5) is 0 Å². The van der Waals surface area contributed by atoms with E-state index in [0.29, 0.717) is 5.75 Å². The van der Waals surface area contributed by atoms with Crippen LogP contribution in [0.2, 0.25) is 0 Å². The third-order valence-electron chi connectivity index (χ3n) is 5.55. The quantitative estimate of drug-likeness (QED) is 0.809. The molecule has 1 aromatic carbocycles. The van der Waals surface area contributed by atoms with E-state index in [1.165, 1.54) is 24.8 Å². The summed E-state index contributed by atoms with van der Waals surface area (Å²) < 4.78 is 12.4. The van der Waals surface area contributed by atoms with Crippen molar-refractivity contribution >= 4 is 12.6 Å². The van der Waals surface area contributed by atoms with Gasteiger partial charge < -0.3 is 14.4 Å². The summed E-state index contributed by atoms with van der Waals surface area (Å²) in [6, 6.07) is 3.79. The van der Waals surface area contributed by atoms with Gasteiger partial charge in [0.25, 0.3) is 0 Å². The Morgan fingerprint density at radius 3 is 2.00 bits per heavy atom. The number of benzene rings is 1. The molecule has 0 unspecified atom stereocenters. The van der Waals surface area contributed by atoms with E-state index in [2.05, 4.69) is 27.7 Å². The van der Waals surface area contributed by atoms with Crippen molar-refractivity contribution in [3.63, 3.8) is 0 Å². The first kappa shape index (κ1) is 15.9. The minimum Gasteiger partial charge on any atom is -0.508 e. The first-order chi connectivity index (χ1) is 10.3. The van der Waals surface area contributed by atoms with Gasteiger partial charge >= 0.3 is 7.12 Å². The van der Waals surface area contributed by atoms with E-state index in [1.54, 1.807) is 6.07 Å². The van der Waals surface area contributed by atoms with Gasteiger partial charge in [0.15, 0.2) is 0 Å². The topological polar surface area (TPSA) is 38.7 Å². The number of hydrogen-bond donors (Lipinski definition) is 1. The molecule has 0 aromatic heterocycles. The molecule has 2 aliphatic rings. The molecule has 0 atom stereocenters. The van der Waals surface area contributed by atoms with E-state index in [9.17, 15) is 5.11 Å². The molecule has 1 N–H and O–H groups in total. The Morgan fingerprint density at radius 1 is 0.864 bits per heavy atom. The third kappa shape index (κ3) is 2.67. The molecule has 1 fully saturated rings. The number of hydrogen-bond acceptors (Lipinski definition) is 3. The van der Waals surface area contributed by atoms with Crippen molar-refractivity contribution in [2.75, 3.05) is 0 Å². The molecule has 3 nitrogen and oxygen atoms in total. The molecule has 1 aromatic rings. The zero-order valence-electron chi connectivity index (χ0n) is 14.2. The number of aromatic hydroxyl groups is 1. The van der Waals surface area contributed by atoms with Gasteiger partial charge in [0, 0.05) is 0 Å². The predicted molar refractivity (Wildman–Crippen MR) is 89.7 cm³/mol. The zero-order chi connectivity index (χ0) is 16.0. The minimum absolute atomic E-state index is 0.329. The summed E-state index contributed by atoms with van der Waals surface area (Å²) in [4.78, 5) is 0. The van der Waals surface area contributed by atoms with Crippen molar-refractivity contribution in [2.24, 2.45) is 0 Å². The van der Waals surface area contributed by atoms with E-state index in [0.717, 1.165) is 30.3 Å². The van der Waals surface area contributed by atoms with Crippen molar-refractivity contribution in [3.8, 4) is 5.75 Å². The molecular weight excluding hydrogens is 275 g/mol. The highest BCUT2D eigenvalue weighted by atomic mass is 16.7. The van der Waals surface area contributed by atoms with Gasteiger partial charge in [0.2, 0.25) is 0 Å². The molecule has 0 saturated carbocycles. The van der Waals surface area contributed by atoms with Gasteiger partial charge in [0.1, 0.15) is 5.75 Å². The average Bonchev–Trinajstić information content (AvgIpc) is 2.59. The summed E-state index contributed by atoms with van der Waals surface area (Å²) in [5, 5.41) is 10.3. The van der Waals surface area contributed by atoms with Gasteiger partial charge in [0.05, 0.1) is 11.2 Å². The van der Waals surface area contributed by atoms with E-state index in [4.69, 9.17) is 9.31 Å². The van der Waals surface area contributed by atoms with Crippen molar-refractivity contribution < 1.29 is 14.4 Å². The Labute approximate surface area is 134 Å². The van der Waals surface area contributed by atoms with Gasteiger partial charge in [-0.25, -0.2) is 0 Å². The summed E-state index contributed by atoms with van der Waals surface area (Å²) in [6.07, 6.45) is 6.78. The molecule has 1 saturated heterocycles. The van der Waals surface area contributed by atoms with Gasteiger partial charge in [-0.2, -0.15) is 0 Å². The second-order valence-electron chi connectivity index (χ2n) is 7.63. The van der Waals surface area contributed by atoms with Crippen LogP contribution in [0.25, 0.3) is 0 Å². The van der Waals surface area contributed by atoms with Crippen molar-refractivity contribution in [3.05, 3.63) is 23.3 Å². The number of phenols is 1. The van der Waals surface area contributed by atoms with E-state index in [1.807, 2.05) is 6.07 Å². The van der Waals surface area contributed by atoms with Crippen LogP contribution in [-0.2, 0) is 22.2 Å². The molecule has 0 amide bonds. The second-order valence-corrected chi connectivity index (χ2v) is 7.63. The highest BCUT2D eigenvalue weighted by molar-refractivity contribution is 6.62. The fraction of sp³-hybridized carbons (Fsp3) is 0.667. The van der Waals surface area contributed by atoms with E-state index < -0.39 is 0 Å². The highest BCUT2D eigenvalue weighted by Crippen LogP contribution is 2.37. The summed E-state index contributed by atoms with van der Waals surface area (Å²) >= 11 is 0. The number of phenolic OH excluding ortho intramolecular Hbond substituents is 1. The van der Waals surface area contributed by atoms with Crippen LogP contribution in [0.15, 0.2) is 12.1 Å². The molecular formula is C18H27BO3. The summed E-state index contributed by atoms with van der Waals surface area (Å²) in [5.41, 5.74) is 2.80. The van der Waals surface area contributed by atoms with Crippen LogP contribution in [0, 0.1) is 0 Å². The van der Waals surface area contributed by atoms with Gasteiger partial charge in [-0.1, -0.05) is 18.9 Å². The van der Waals surface area contributed by atoms with Crippen molar-refractivity contribution in [1.82, 2.24) is 0 Å². The molecule has 22 heavy (non-hydrogen) atoms. The summed E-state index contributed by atoms with van der Waals surface area (Å²) in [6.45, 7) is 8.32. The standard InChI is InChI=1S/C18H27BO3/c1-17(2)18(3,4)22-19(21-17)15-11-12-16(20)14-10-8-6-5-7-9-13(14)15/h11-12,20H,5-10H2,1-4H3. The number of rotatable bonds is 1. The minimum atomic E-state index is -0.334. The molecule has 120 valence electrons. The van der Waals surface area contributed by atoms with Gasteiger partial charge in [-0.3, -0.25) is 0 Å². The normalized spacial score (nSPS) is 23.7. The summed E-state index contributed by atoms with van der Waals surface area (Å²) in [5.74, 6) is 0.428. The first-order valence-electron chi connectivity index (χ1n) is 8.51. The van der Waals surface area contributed by atoms with Gasteiger partial charge in [-0.15, -0.1) is 0 Å². The highest BCUT2D eigenvalue weighted by Gasteiger charge is 2.52. The molecule has 3 rings (SSSR count). The smallest absolute Gasteiger partial charge is 0.495 e. The monoisotopic (exact) mass is 302 g/mol. The average molecular weight is 302 g/mol. The van der Waals surface area contributed by atoms with Crippen molar-refractivity contribution in [1.29, 1.82) is 0 Å². The van der Waals surface area contributed by atoms with Crippen molar-refractivity contribution in [2.45, 2.75) is 77.4 Å². The molecule has 1 aliphatic carbocycles. The maximum absolute atomic E-state index is 10.3. The summed E-state index contributed by atoms with van der Waals surface area (Å²) in [7, 11) is -0.334. The molecule has 1 aliphatic heterocycles. The molecule has 4 heteroatoms. The molecule has 0 radical (unpaired) electrons. The fourth-order valence-electron chi connectivity index (χ4n) is 3.42. The van der Waals surface area contributed by atoms with Crippen LogP contribution in [0.5, 0.6) is 5.75 Å². The Morgan fingerprint density at radius 2 is 1.41 bits per heavy atom. The maximum Gasteiger partial charge on any atom is 0.495 e. The van der Waals surface area contributed by atoms with Gasteiger partial charge in [-0.05, 0) is 76.0 Å². The lowest BCUT2D eigenvalue weighted by molar-refractivity contribution is 0.00578. The lowest BCUT2D eigenvalue weighted by Crippen LogP contribution is -2.41. The van der Waals surface area contributed by atoms with Crippen LogP contribution in [-0.4, -0.2) is 23.4 Å². The largest absolute Gasteiger partial charge is 0.508 e. The third-order valence-corrected chi connectivity index (χ3v) is 5.55. The lowest BCUT2D eigenvalue weighted by Gasteiger charge is -2.32. The Hall–Kier alpha value is -0.995. The van der Waals surface area contributed by atoms with E-state index in [-0.39, 0.29) is 18.3 Å². The Balaban J connectivity index is 2.00. The molecule has 0 bridgehead atoms. The second kappa shape index (κ2) is 5.57. The fourth-order valence-corrected chi connectivity index (χ4v) is 3.42.